The second kappa shape index (κ2) is 3.52. The lowest BCUT2D eigenvalue weighted by atomic mass is 10.2. The van der Waals surface area contributed by atoms with Gasteiger partial charge in [-0.1, -0.05) is 5.57 Å². The molecule has 10 heavy (non-hydrogen) atoms. The van der Waals surface area contributed by atoms with Gasteiger partial charge in [0, 0.05) is 25.8 Å². The highest BCUT2D eigenvalue weighted by Gasteiger charge is 2.05. The SMILES string of the molecule is CCN=CC1=C(C)CNC1. The smallest absolute Gasteiger partial charge is 0.0361 e. The van der Waals surface area contributed by atoms with Gasteiger partial charge in [0.25, 0.3) is 0 Å². The molecule has 0 saturated carbocycles. The minimum atomic E-state index is 0.886. The molecule has 1 aliphatic rings. The van der Waals surface area contributed by atoms with E-state index in [0.29, 0.717) is 0 Å². The Morgan fingerprint density at radius 3 is 2.90 bits per heavy atom. The third-order valence-corrected chi connectivity index (χ3v) is 1.68. The first kappa shape index (κ1) is 7.48. The van der Waals surface area contributed by atoms with Crippen LogP contribution in [0.1, 0.15) is 13.8 Å². The fraction of sp³-hybridized carbons (Fsp3) is 0.625. The van der Waals surface area contributed by atoms with Crippen LogP contribution in [0.25, 0.3) is 0 Å². The summed E-state index contributed by atoms with van der Waals surface area (Å²) >= 11 is 0. The van der Waals surface area contributed by atoms with Crippen molar-refractivity contribution in [3.8, 4) is 0 Å². The summed E-state index contributed by atoms with van der Waals surface area (Å²) in [5, 5.41) is 3.27. The van der Waals surface area contributed by atoms with Gasteiger partial charge in [-0.05, 0) is 19.4 Å². The first-order valence-electron chi connectivity index (χ1n) is 3.73. The predicted molar refractivity (Wildman–Crippen MR) is 44.6 cm³/mol. The van der Waals surface area contributed by atoms with Gasteiger partial charge in [0.05, 0.1) is 0 Å². The first-order valence-corrected chi connectivity index (χ1v) is 3.73. The van der Waals surface area contributed by atoms with Crippen LogP contribution in [0.15, 0.2) is 16.1 Å². The molecular formula is C8H14N2. The summed E-state index contributed by atoms with van der Waals surface area (Å²) in [5.74, 6) is 0. The van der Waals surface area contributed by atoms with Crippen molar-refractivity contribution in [1.29, 1.82) is 0 Å². The zero-order valence-corrected chi connectivity index (χ0v) is 6.65. The fourth-order valence-electron chi connectivity index (χ4n) is 1.01. The topological polar surface area (TPSA) is 24.4 Å². The van der Waals surface area contributed by atoms with Crippen LogP contribution in [-0.2, 0) is 0 Å². The van der Waals surface area contributed by atoms with Crippen molar-refractivity contribution in [3.63, 3.8) is 0 Å². The van der Waals surface area contributed by atoms with Gasteiger partial charge in [-0.3, -0.25) is 4.99 Å². The molecule has 0 aromatic heterocycles. The summed E-state index contributed by atoms with van der Waals surface area (Å²) in [6, 6.07) is 0. The molecular weight excluding hydrogens is 124 g/mol. The van der Waals surface area contributed by atoms with E-state index in [9.17, 15) is 0 Å². The highest BCUT2D eigenvalue weighted by atomic mass is 14.9. The highest BCUT2D eigenvalue weighted by Crippen LogP contribution is 2.05. The summed E-state index contributed by atoms with van der Waals surface area (Å²) in [4.78, 5) is 4.18. The van der Waals surface area contributed by atoms with Crippen molar-refractivity contribution < 1.29 is 0 Å². The second-order valence-electron chi connectivity index (χ2n) is 2.54. The summed E-state index contributed by atoms with van der Waals surface area (Å²) < 4.78 is 0. The van der Waals surface area contributed by atoms with Crippen LogP contribution in [-0.4, -0.2) is 25.8 Å². The molecule has 0 aromatic carbocycles. The van der Waals surface area contributed by atoms with E-state index < -0.39 is 0 Å². The lowest BCUT2D eigenvalue weighted by Gasteiger charge is -1.90. The maximum Gasteiger partial charge on any atom is 0.0361 e. The van der Waals surface area contributed by atoms with E-state index in [1.54, 1.807) is 0 Å². The molecule has 0 atom stereocenters. The molecule has 0 amide bonds. The largest absolute Gasteiger partial charge is 0.309 e. The van der Waals surface area contributed by atoms with Crippen molar-refractivity contribution in [2.45, 2.75) is 13.8 Å². The van der Waals surface area contributed by atoms with Gasteiger partial charge < -0.3 is 5.32 Å². The monoisotopic (exact) mass is 138 g/mol. The van der Waals surface area contributed by atoms with Crippen molar-refractivity contribution in [2.75, 3.05) is 19.6 Å². The van der Waals surface area contributed by atoms with Crippen LogP contribution in [0, 0.1) is 0 Å². The number of rotatable bonds is 2. The minimum absolute atomic E-state index is 0.886. The molecule has 0 spiro atoms. The Labute approximate surface area is 62.0 Å². The van der Waals surface area contributed by atoms with E-state index in [1.807, 2.05) is 6.21 Å². The molecule has 0 saturated heterocycles. The van der Waals surface area contributed by atoms with Crippen LogP contribution in [0.5, 0.6) is 0 Å². The lowest BCUT2D eigenvalue weighted by Crippen LogP contribution is -2.08. The van der Waals surface area contributed by atoms with Gasteiger partial charge in [-0.15, -0.1) is 0 Å². The fourth-order valence-corrected chi connectivity index (χ4v) is 1.01. The maximum absolute atomic E-state index is 4.18. The predicted octanol–water partition coefficient (Wildman–Crippen LogP) is 0.997. The number of hydrogen-bond donors (Lipinski definition) is 1. The van der Waals surface area contributed by atoms with Crippen LogP contribution < -0.4 is 5.32 Å². The molecule has 0 bridgehead atoms. The van der Waals surface area contributed by atoms with Crippen molar-refractivity contribution in [2.24, 2.45) is 4.99 Å². The van der Waals surface area contributed by atoms with E-state index in [-0.39, 0.29) is 0 Å². The molecule has 0 fully saturated rings. The van der Waals surface area contributed by atoms with Crippen molar-refractivity contribution in [1.82, 2.24) is 5.32 Å². The quantitative estimate of drug-likeness (QED) is 0.565. The second-order valence-corrected chi connectivity index (χ2v) is 2.54. The van der Waals surface area contributed by atoms with E-state index in [4.69, 9.17) is 0 Å². The normalized spacial score (nSPS) is 19.4. The zero-order chi connectivity index (χ0) is 7.40. The van der Waals surface area contributed by atoms with Gasteiger partial charge in [0.2, 0.25) is 0 Å². The van der Waals surface area contributed by atoms with Crippen molar-refractivity contribution in [3.05, 3.63) is 11.1 Å². The molecule has 2 heteroatoms. The van der Waals surface area contributed by atoms with E-state index >= 15 is 0 Å². The van der Waals surface area contributed by atoms with Gasteiger partial charge in [0.15, 0.2) is 0 Å². The molecule has 1 heterocycles. The third kappa shape index (κ3) is 1.67. The van der Waals surface area contributed by atoms with Crippen LogP contribution in [0.3, 0.4) is 0 Å². The van der Waals surface area contributed by atoms with Crippen LogP contribution >= 0.6 is 0 Å². The standard InChI is InChI=1S/C8H14N2/c1-3-9-5-8-6-10-4-7(8)2/h5,10H,3-4,6H2,1-2H3. The molecule has 56 valence electrons. The molecule has 0 unspecified atom stereocenters. The van der Waals surface area contributed by atoms with Gasteiger partial charge in [-0.2, -0.15) is 0 Å². The average Bonchev–Trinajstić information content (AvgIpc) is 2.31. The molecule has 0 radical (unpaired) electrons. The minimum Gasteiger partial charge on any atom is -0.309 e. The summed E-state index contributed by atoms with van der Waals surface area (Å²) in [5.41, 5.74) is 2.79. The van der Waals surface area contributed by atoms with E-state index in [2.05, 4.69) is 24.2 Å². The molecule has 1 N–H and O–H groups in total. The summed E-state index contributed by atoms with van der Waals surface area (Å²) in [7, 11) is 0. The summed E-state index contributed by atoms with van der Waals surface area (Å²) in [6.45, 7) is 7.11. The number of hydrogen-bond acceptors (Lipinski definition) is 2. The van der Waals surface area contributed by atoms with E-state index in [1.165, 1.54) is 11.1 Å². The summed E-state index contributed by atoms with van der Waals surface area (Å²) in [6.07, 6.45) is 1.98. The molecule has 0 aliphatic carbocycles. The number of nitrogens with zero attached hydrogens (tertiary/aromatic N) is 1. The number of nitrogens with one attached hydrogen (secondary N) is 1. The molecule has 0 aromatic rings. The van der Waals surface area contributed by atoms with Crippen LogP contribution in [0.2, 0.25) is 0 Å². The average molecular weight is 138 g/mol. The maximum atomic E-state index is 4.18. The zero-order valence-electron chi connectivity index (χ0n) is 6.65. The van der Waals surface area contributed by atoms with Crippen LogP contribution in [0.4, 0.5) is 0 Å². The van der Waals surface area contributed by atoms with Gasteiger partial charge >= 0.3 is 0 Å². The van der Waals surface area contributed by atoms with Gasteiger partial charge in [0.1, 0.15) is 0 Å². The van der Waals surface area contributed by atoms with E-state index in [0.717, 1.165) is 19.6 Å². The molecule has 2 nitrogen and oxygen atoms in total. The highest BCUT2D eigenvalue weighted by molar-refractivity contribution is 5.81. The van der Waals surface area contributed by atoms with Crippen molar-refractivity contribution >= 4 is 6.21 Å². The Morgan fingerprint density at radius 2 is 2.40 bits per heavy atom. The lowest BCUT2D eigenvalue weighted by molar-refractivity contribution is 0.871. The molecule has 1 aliphatic heterocycles. The molecule has 1 rings (SSSR count). The third-order valence-electron chi connectivity index (χ3n) is 1.68. The Kier molecular flexibility index (Phi) is 2.63. The number of aliphatic imine (C=N–C) groups is 1. The Bertz CT molecular complexity index is 168. The Hall–Kier alpha value is -0.630. The Balaban J connectivity index is 2.54. The van der Waals surface area contributed by atoms with Gasteiger partial charge in [-0.25, -0.2) is 0 Å². The first-order chi connectivity index (χ1) is 4.84. The Morgan fingerprint density at radius 1 is 1.60 bits per heavy atom.